The van der Waals surface area contributed by atoms with E-state index in [0.29, 0.717) is 4.47 Å². The summed E-state index contributed by atoms with van der Waals surface area (Å²) in [7, 11) is 0. The van der Waals surface area contributed by atoms with E-state index < -0.39 is 30.9 Å². The maximum absolute atomic E-state index is 13.1. The second-order valence-electron chi connectivity index (χ2n) is 4.40. The van der Waals surface area contributed by atoms with E-state index in [0.717, 1.165) is 0 Å². The van der Waals surface area contributed by atoms with Crippen molar-refractivity contribution < 1.29 is 22.0 Å². The van der Waals surface area contributed by atoms with E-state index in [2.05, 4.69) is 26.1 Å². The molecule has 0 aromatic heterocycles. The Labute approximate surface area is 141 Å². The average molecular weight is 422 g/mol. The van der Waals surface area contributed by atoms with Crippen LogP contribution in [-0.2, 0) is 0 Å². The highest BCUT2D eigenvalue weighted by molar-refractivity contribution is 9.10. The van der Waals surface area contributed by atoms with Crippen molar-refractivity contribution in [2.24, 2.45) is 21.7 Å². The van der Waals surface area contributed by atoms with Crippen LogP contribution in [-0.4, -0.2) is 23.8 Å². The van der Waals surface area contributed by atoms with Gasteiger partial charge in [-0.1, -0.05) is 27.5 Å². The number of guanidine groups is 1. The molecule has 128 valence electrons. The minimum atomic E-state index is -5.65. The first-order valence-electron chi connectivity index (χ1n) is 5.99. The normalized spacial score (nSPS) is 13.1. The molecule has 0 aliphatic rings. The number of benzene rings is 1. The molecule has 0 radical (unpaired) electrons. The molecule has 0 atom stereocenters. The van der Waals surface area contributed by atoms with Crippen LogP contribution in [0.4, 0.5) is 22.0 Å². The fourth-order valence-electron chi connectivity index (χ4n) is 1.49. The summed E-state index contributed by atoms with van der Waals surface area (Å²) < 4.78 is 63.3. The molecule has 23 heavy (non-hydrogen) atoms. The van der Waals surface area contributed by atoms with E-state index in [-0.39, 0.29) is 16.3 Å². The average Bonchev–Trinajstić information content (AvgIpc) is 2.40. The van der Waals surface area contributed by atoms with Crippen LogP contribution in [0.15, 0.2) is 32.9 Å². The van der Waals surface area contributed by atoms with Crippen LogP contribution >= 0.6 is 27.5 Å². The minimum Gasteiger partial charge on any atom is -0.369 e. The van der Waals surface area contributed by atoms with Crippen molar-refractivity contribution >= 4 is 39.2 Å². The van der Waals surface area contributed by atoms with Gasteiger partial charge in [0.1, 0.15) is 0 Å². The molecule has 0 fully saturated rings. The van der Waals surface area contributed by atoms with Gasteiger partial charge in [0.25, 0.3) is 0 Å². The van der Waals surface area contributed by atoms with Crippen molar-refractivity contribution in [1.82, 2.24) is 0 Å². The third kappa shape index (κ3) is 5.61. The van der Waals surface area contributed by atoms with Gasteiger partial charge in [0.15, 0.2) is 0 Å². The summed E-state index contributed by atoms with van der Waals surface area (Å²) in [5, 5.41) is 7.09. The highest BCUT2D eigenvalue weighted by Crippen LogP contribution is 2.39. The quantitative estimate of drug-likeness (QED) is 0.326. The number of hydrogen-bond acceptors (Lipinski definition) is 2. The molecule has 0 heterocycles. The Kier molecular flexibility index (Phi) is 6.34. The molecule has 1 aromatic rings. The largest absolute Gasteiger partial charge is 0.453 e. The van der Waals surface area contributed by atoms with Gasteiger partial charge in [-0.25, -0.2) is 0 Å². The van der Waals surface area contributed by atoms with Crippen LogP contribution in [0, 0.1) is 0 Å². The number of hydrogen-bond donors (Lipinski definition) is 2. The number of alkyl halides is 5. The molecule has 0 saturated heterocycles. The second kappa shape index (κ2) is 7.43. The van der Waals surface area contributed by atoms with Gasteiger partial charge in [0.05, 0.1) is 5.71 Å². The van der Waals surface area contributed by atoms with Gasteiger partial charge in [-0.2, -0.15) is 27.1 Å². The maximum Gasteiger partial charge on any atom is 0.453 e. The van der Waals surface area contributed by atoms with Gasteiger partial charge in [-0.05, 0) is 24.6 Å². The van der Waals surface area contributed by atoms with E-state index in [1.807, 2.05) is 0 Å². The summed E-state index contributed by atoms with van der Waals surface area (Å²) in [4.78, 5) is 0. The Bertz CT molecular complexity index is 626. The molecule has 11 heteroatoms. The molecule has 0 spiro atoms. The van der Waals surface area contributed by atoms with Crippen molar-refractivity contribution in [2.75, 3.05) is 0 Å². The molecule has 0 amide bonds. The van der Waals surface area contributed by atoms with E-state index in [4.69, 9.17) is 23.1 Å². The van der Waals surface area contributed by atoms with Crippen LogP contribution in [0.2, 0.25) is 5.02 Å². The fourth-order valence-corrected chi connectivity index (χ4v) is 2.14. The van der Waals surface area contributed by atoms with Crippen LogP contribution in [0.3, 0.4) is 0 Å². The number of halogens is 7. The Hall–Kier alpha value is -1.42. The molecule has 0 aliphatic heterocycles. The first-order chi connectivity index (χ1) is 10.4. The van der Waals surface area contributed by atoms with Gasteiger partial charge in [0, 0.05) is 21.5 Å². The number of nitrogens with zero attached hydrogens (tertiary/aromatic N) is 2. The zero-order chi connectivity index (χ0) is 17.8. The Balaban J connectivity index is 3.16. The van der Waals surface area contributed by atoms with Gasteiger partial charge in [-0.15, -0.1) is 5.10 Å². The van der Waals surface area contributed by atoms with E-state index in [1.165, 1.54) is 18.2 Å². The van der Waals surface area contributed by atoms with E-state index >= 15 is 0 Å². The molecular weight excluding hydrogens is 411 g/mol. The maximum atomic E-state index is 13.1. The lowest BCUT2D eigenvalue weighted by Gasteiger charge is -2.19. The second-order valence-corrected chi connectivity index (χ2v) is 5.69. The molecule has 1 aromatic carbocycles. The van der Waals surface area contributed by atoms with Crippen LogP contribution < -0.4 is 11.5 Å². The first-order valence-corrected chi connectivity index (χ1v) is 7.16. The Morgan fingerprint density at radius 2 is 1.74 bits per heavy atom. The molecule has 0 unspecified atom stereocenters. The SMILES string of the molecule is NC(N)=N/N=C(/CCC(F)(F)C(F)(F)F)c1cc(Cl)ccc1Br. The van der Waals surface area contributed by atoms with Crippen molar-refractivity contribution in [3.05, 3.63) is 33.3 Å². The number of nitrogens with two attached hydrogens (primary N) is 2. The summed E-state index contributed by atoms with van der Waals surface area (Å²) in [6, 6.07) is 4.33. The van der Waals surface area contributed by atoms with E-state index in [1.54, 1.807) is 0 Å². The zero-order valence-corrected chi connectivity index (χ0v) is 13.7. The highest BCUT2D eigenvalue weighted by atomic mass is 79.9. The first kappa shape index (κ1) is 19.6. The van der Waals surface area contributed by atoms with Crippen molar-refractivity contribution in [3.63, 3.8) is 0 Å². The number of rotatable bonds is 5. The van der Waals surface area contributed by atoms with Crippen LogP contribution in [0.1, 0.15) is 18.4 Å². The van der Waals surface area contributed by atoms with Crippen molar-refractivity contribution in [1.29, 1.82) is 0 Å². The summed E-state index contributed by atoms with van der Waals surface area (Å²) in [5.41, 5.74) is 10.2. The van der Waals surface area contributed by atoms with Crippen LogP contribution in [0.25, 0.3) is 0 Å². The summed E-state index contributed by atoms with van der Waals surface area (Å²) >= 11 is 8.93. The summed E-state index contributed by atoms with van der Waals surface area (Å²) in [6.07, 6.45) is -7.88. The van der Waals surface area contributed by atoms with E-state index in [9.17, 15) is 22.0 Å². The van der Waals surface area contributed by atoms with Gasteiger partial charge >= 0.3 is 12.1 Å². The topological polar surface area (TPSA) is 76.8 Å². The Morgan fingerprint density at radius 1 is 1.13 bits per heavy atom. The molecule has 4 N–H and O–H groups in total. The standard InChI is InChI=1S/C12H11BrClF5N4/c13-8-2-1-6(14)5-7(8)9(22-23-10(20)21)3-4-11(15,16)12(17,18)19/h1-2,5H,3-4H2,(H4,20,21,23)/b22-9-. The van der Waals surface area contributed by atoms with Crippen molar-refractivity contribution in [3.8, 4) is 0 Å². The lowest BCUT2D eigenvalue weighted by molar-refractivity contribution is -0.283. The minimum absolute atomic E-state index is 0.170. The molecule has 0 saturated carbocycles. The summed E-state index contributed by atoms with van der Waals surface area (Å²) in [6.45, 7) is 0. The summed E-state index contributed by atoms with van der Waals surface area (Å²) in [5.74, 6) is -5.33. The van der Waals surface area contributed by atoms with Gasteiger partial charge < -0.3 is 11.5 Å². The predicted molar refractivity (Wildman–Crippen MR) is 81.7 cm³/mol. The highest BCUT2D eigenvalue weighted by Gasteiger charge is 2.56. The van der Waals surface area contributed by atoms with Gasteiger partial charge in [-0.3, -0.25) is 0 Å². The Morgan fingerprint density at radius 3 is 2.26 bits per heavy atom. The smallest absolute Gasteiger partial charge is 0.369 e. The monoisotopic (exact) mass is 420 g/mol. The molecule has 4 nitrogen and oxygen atoms in total. The zero-order valence-electron chi connectivity index (χ0n) is 11.3. The van der Waals surface area contributed by atoms with Crippen molar-refractivity contribution in [2.45, 2.75) is 24.9 Å². The molecule has 0 bridgehead atoms. The molecule has 0 aliphatic carbocycles. The predicted octanol–water partition coefficient (Wildman–Crippen LogP) is 4.06. The van der Waals surface area contributed by atoms with Gasteiger partial charge in [0.2, 0.25) is 5.96 Å². The lowest BCUT2D eigenvalue weighted by Crippen LogP contribution is -2.36. The third-order valence-corrected chi connectivity index (χ3v) is 3.54. The fraction of sp³-hybridized carbons (Fsp3) is 0.333. The third-order valence-electron chi connectivity index (χ3n) is 2.62. The molecule has 1 rings (SSSR count). The molecular formula is C12H11BrClF5N4. The lowest BCUT2D eigenvalue weighted by atomic mass is 10.0. The van der Waals surface area contributed by atoms with Crippen LogP contribution in [0.5, 0.6) is 0 Å².